The fourth-order valence-electron chi connectivity index (χ4n) is 1.83. The fraction of sp³-hybridized carbons (Fsp3) is 0.214. The van der Waals surface area contributed by atoms with Crippen molar-refractivity contribution in [2.24, 2.45) is 0 Å². The number of pyridine rings is 1. The topological polar surface area (TPSA) is 68.3 Å². The summed E-state index contributed by atoms with van der Waals surface area (Å²) >= 11 is 0. The van der Waals surface area contributed by atoms with Crippen LogP contribution in [-0.2, 0) is 10.0 Å². The van der Waals surface area contributed by atoms with Crippen molar-refractivity contribution in [2.45, 2.75) is 18.7 Å². The lowest BCUT2D eigenvalue weighted by atomic mass is 10.2. The Morgan fingerprint density at radius 2 is 1.80 bits per heavy atom. The molecule has 20 heavy (non-hydrogen) atoms. The molecule has 0 spiro atoms. The van der Waals surface area contributed by atoms with Gasteiger partial charge in [0.1, 0.15) is 10.6 Å². The summed E-state index contributed by atoms with van der Waals surface area (Å²) in [6.45, 7) is 3.57. The molecule has 2 aromatic rings. The van der Waals surface area contributed by atoms with E-state index >= 15 is 0 Å². The molecule has 106 valence electrons. The Balaban J connectivity index is 2.30. The first-order chi connectivity index (χ1) is 9.42. The first-order valence-corrected chi connectivity index (χ1v) is 7.51. The molecule has 0 saturated carbocycles. The molecule has 2 rings (SSSR count). The minimum absolute atomic E-state index is 0.180. The second kappa shape index (κ2) is 5.50. The van der Waals surface area contributed by atoms with E-state index in [1.54, 1.807) is 44.4 Å². The number of methoxy groups -OCH3 is 1. The highest BCUT2D eigenvalue weighted by Gasteiger charge is 2.17. The fourth-order valence-corrected chi connectivity index (χ4v) is 3.07. The van der Waals surface area contributed by atoms with Crippen molar-refractivity contribution in [1.29, 1.82) is 0 Å². The normalized spacial score (nSPS) is 11.2. The summed E-state index contributed by atoms with van der Waals surface area (Å²) in [6, 6.07) is 8.42. The molecule has 0 aliphatic heterocycles. The molecule has 0 radical (unpaired) electrons. The molecule has 0 unspecified atom stereocenters. The van der Waals surface area contributed by atoms with Crippen LogP contribution in [0.3, 0.4) is 0 Å². The van der Waals surface area contributed by atoms with Gasteiger partial charge in [0, 0.05) is 17.6 Å². The number of benzene rings is 1. The lowest BCUT2D eigenvalue weighted by Gasteiger charge is -2.10. The zero-order chi connectivity index (χ0) is 14.8. The second-order valence-corrected chi connectivity index (χ2v) is 6.08. The van der Waals surface area contributed by atoms with Crippen LogP contribution in [0.5, 0.6) is 5.75 Å². The first kappa shape index (κ1) is 14.3. The third-order valence-corrected chi connectivity index (χ3v) is 4.34. The van der Waals surface area contributed by atoms with Gasteiger partial charge in [-0.1, -0.05) is 0 Å². The Labute approximate surface area is 118 Å². The van der Waals surface area contributed by atoms with Gasteiger partial charge in [-0.15, -0.1) is 0 Å². The summed E-state index contributed by atoms with van der Waals surface area (Å²) < 4.78 is 32.2. The van der Waals surface area contributed by atoms with Crippen LogP contribution in [0.1, 0.15) is 11.3 Å². The van der Waals surface area contributed by atoms with E-state index in [4.69, 9.17) is 4.74 Å². The predicted octanol–water partition coefficient (Wildman–Crippen LogP) is 2.51. The SMILES string of the molecule is COc1ccc(NS(=O)(=O)c2cnc(C)cc2C)cc1. The zero-order valence-electron chi connectivity index (χ0n) is 11.5. The van der Waals surface area contributed by atoms with Gasteiger partial charge in [0.15, 0.2) is 0 Å². The third-order valence-electron chi connectivity index (χ3n) is 2.83. The molecular weight excluding hydrogens is 276 g/mol. The van der Waals surface area contributed by atoms with Crippen molar-refractivity contribution in [3.05, 3.63) is 47.8 Å². The second-order valence-electron chi connectivity index (χ2n) is 4.43. The minimum Gasteiger partial charge on any atom is -0.497 e. The van der Waals surface area contributed by atoms with Crippen LogP contribution in [0.4, 0.5) is 5.69 Å². The maximum Gasteiger partial charge on any atom is 0.263 e. The minimum atomic E-state index is -3.63. The van der Waals surface area contributed by atoms with Crippen LogP contribution in [-0.4, -0.2) is 20.5 Å². The van der Waals surface area contributed by atoms with Crippen LogP contribution < -0.4 is 9.46 Å². The van der Waals surface area contributed by atoms with E-state index in [1.165, 1.54) is 6.20 Å². The number of hydrogen-bond acceptors (Lipinski definition) is 4. The summed E-state index contributed by atoms with van der Waals surface area (Å²) in [5.74, 6) is 0.668. The molecule has 5 nitrogen and oxygen atoms in total. The Bertz CT molecular complexity index is 710. The number of sulfonamides is 1. The van der Waals surface area contributed by atoms with Gasteiger partial charge < -0.3 is 4.74 Å². The average Bonchev–Trinajstić information content (AvgIpc) is 2.38. The highest BCUT2D eigenvalue weighted by molar-refractivity contribution is 7.92. The molecule has 1 N–H and O–H groups in total. The van der Waals surface area contributed by atoms with Crippen molar-refractivity contribution >= 4 is 15.7 Å². The maximum atomic E-state index is 12.3. The summed E-state index contributed by atoms with van der Waals surface area (Å²) in [4.78, 5) is 4.22. The van der Waals surface area contributed by atoms with E-state index in [1.807, 2.05) is 6.92 Å². The Kier molecular flexibility index (Phi) is 3.94. The number of aryl methyl sites for hydroxylation is 2. The summed E-state index contributed by atoms with van der Waals surface area (Å²) in [6.07, 6.45) is 1.37. The van der Waals surface area contributed by atoms with Crippen molar-refractivity contribution in [2.75, 3.05) is 11.8 Å². The van der Waals surface area contributed by atoms with Crippen LogP contribution in [0.2, 0.25) is 0 Å². The van der Waals surface area contributed by atoms with Gasteiger partial charge >= 0.3 is 0 Å². The smallest absolute Gasteiger partial charge is 0.263 e. The zero-order valence-corrected chi connectivity index (χ0v) is 12.4. The summed E-state index contributed by atoms with van der Waals surface area (Å²) in [5.41, 5.74) is 1.93. The van der Waals surface area contributed by atoms with Gasteiger partial charge in [-0.25, -0.2) is 8.42 Å². The van der Waals surface area contributed by atoms with Crippen molar-refractivity contribution in [3.63, 3.8) is 0 Å². The highest BCUT2D eigenvalue weighted by atomic mass is 32.2. The summed E-state index contributed by atoms with van der Waals surface area (Å²) in [5, 5.41) is 0. The van der Waals surface area contributed by atoms with E-state index in [9.17, 15) is 8.42 Å². The lowest BCUT2D eigenvalue weighted by Crippen LogP contribution is -2.14. The van der Waals surface area contributed by atoms with E-state index in [-0.39, 0.29) is 4.90 Å². The van der Waals surface area contributed by atoms with E-state index in [2.05, 4.69) is 9.71 Å². The quantitative estimate of drug-likeness (QED) is 0.940. The van der Waals surface area contributed by atoms with Crippen LogP contribution in [0.25, 0.3) is 0 Å². The van der Waals surface area contributed by atoms with Crippen LogP contribution in [0, 0.1) is 13.8 Å². The van der Waals surface area contributed by atoms with E-state index in [0.29, 0.717) is 17.0 Å². The lowest BCUT2D eigenvalue weighted by molar-refractivity contribution is 0.415. The molecule has 0 aliphatic rings. The Morgan fingerprint density at radius 3 is 2.35 bits per heavy atom. The molecule has 0 aliphatic carbocycles. The molecule has 0 fully saturated rings. The number of nitrogens with zero attached hydrogens (tertiary/aromatic N) is 1. The Morgan fingerprint density at radius 1 is 1.15 bits per heavy atom. The third kappa shape index (κ3) is 3.08. The number of hydrogen-bond donors (Lipinski definition) is 1. The highest BCUT2D eigenvalue weighted by Crippen LogP contribution is 2.21. The maximum absolute atomic E-state index is 12.3. The molecule has 0 bridgehead atoms. The number of anilines is 1. The van der Waals surface area contributed by atoms with Gasteiger partial charge in [-0.3, -0.25) is 9.71 Å². The van der Waals surface area contributed by atoms with Crippen LogP contribution >= 0.6 is 0 Å². The molecule has 6 heteroatoms. The molecule has 1 aromatic carbocycles. The van der Waals surface area contributed by atoms with Gasteiger partial charge in [-0.05, 0) is 49.7 Å². The standard InChI is InChI=1S/C14H16N2O3S/c1-10-8-11(2)15-9-14(10)20(17,18)16-12-4-6-13(19-3)7-5-12/h4-9,16H,1-3H3. The van der Waals surface area contributed by atoms with Gasteiger partial charge in [0.2, 0.25) is 0 Å². The molecule has 1 aromatic heterocycles. The molecule has 0 saturated heterocycles. The van der Waals surface area contributed by atoms with E-state index < -0.39 is 10.0 Å². The summed E-state index contributed by atoms with van der Waals surface area (Å²) in [7, 11) is -2.08. The number of aromatic nitrogens is 1. The number of nitrogens with one attached hydrogen (secondary N) is 1. The molecule has 0 amide bonds. The predicted molar refractivity (Wildman–Crippen MR) is 77.5 cm³/mol. The molecule has 0 atom stereocenters. The van der Waals surface area contributed by atoms with Crippen molar-refractivity contribution in [1.82, 2.24) is 4.98 Å². The van der Waals surface area contributed by atoms with Crippen molar-refractivity contribution in [3.8, 4) is 5.75 Å². The van der Waals surface area contributed by atoms with E-state index in [0.717, 1.165) is 5.69 Å². The molecule has 1 heterocycles. The monoisotopic (exact) mass is 292 g/mol. The van der Waals surface area contributed by atoms with Gasteiger partial charge in [0.05, 0.1) is 7.11 Å². The van der Waals surface area contributed by atoms with Gasteiger partial charge in [0.25, 0.3) is 10.0 Å². The first-order valence-electron chi connectivity index (χ1n) is 6.02. The van der Waals surface area contributed by atoms with Crippen LogP contribution in [0.15, 0.2) is 41.4 Å². The van der Waals surface area contributed by atoms with Gasteiger partial charge in [-0.2, -0.15) is 0 Å². The number of ether oxygens (including phenoxy) is 1. The van der Waals surface area contributed by atoms with Crippen molar-refractivity contribution < 1.29 is 13.2 Å². The Hall–Kier alpha value is -2.08. The number of rotatable bonds is 4. The largest absolute Gasteiger partial charge is 0.497 e. The molecular formula is C14H16N2O3S. The average molecular weight is 292 g/mol.